The first-order chi connectivity index (χ1) is 12.3. The molecule has 0 unspecified atom stereocenters. The molecule has 1 saturated heterocycles. The molecule has 0 radical (unpaired) electrons. The van der Waals surface area contributed by atoms with E-state index in [1.165, 1.54) is 48.2 Å². The molecular formula is C21H29NO2S. The lowest BCUT2D eigenvalue weighted by molar-refractivity contribution is -0.204. The van der Waals surface area contributed by atoms with Crippen LogP contribution in [0, 0.1) is 5.92 Å². The summed E-state index contributed by atoms with van der Waals surface area (Å²) >= 11 is 1.74. The maximum atomic E-state index is 5.92. The van der Waals surface area contributed by atoms with Gasteiger partial charge < -0.3 is 9.47 Å². The summed E-state index contributed by atoms with van der Waals surface area (Å²) in [5.74, 6) is 0.546. The molecule has 0 N–H and O–H groups in total. The standard InChI is InChI=1S/C21H29NO2S/c1-3-5-6-8-18-10-9-17(13-22-18)19-11-12-20(25-19)21-23-14-16(7-4-2)15-24-21/h9-13,16,21H,3-8,14-15H2,1-2H3. The van der Waals surface area contributed by atoms with Gasteiger partial charge in [0.1, 0.15) is 0 Å². The number of aromatic nitrogens is 1. The lowest BCUT2D eigenvalue weighted by atomic mass is 10.1. The minimum atomic E-state index is -0.201. The number of hydrogen-bond acceptors (Lipinski definition) is 4. The Morgan fingerprint density at radius 1 is 1.04 bits per heavy atom. The fourth-order valence-corrected chi connectivity index (χ4v) is 4.19. The van der Waals surface area contributed by atoms with Crippen molar-refractivity contribution in [2.75, 3.05) is 13.2 Å². The van der Waals surface area contributed by atoms with E-state index in [0.717, 1.165) is 24.5 Å². The molecule has 0 atom stereocenters. The Kier molecular flexibility index (Phi) is 7.02. The fraction of sp³-hybridized carbons (Fsp3) is 0.571. The highest BCUT2D eigenvalue weighted by atomic mass is 32.1. The molecular weight excluding hydrogens is 330 g/mol. The second-order valence-electron chi connectivity index (χ2n) is 6.85. The molecule has 0 aromatic carbocycles. The molecule has 1 aliphatic heterocycles. The molecule has 25 heavy (non-hydrogen) atoms. The number of nitrogens with zero attached hydrogens (tertiary/aromatic N) is 1. The summed E-state index contributed by atoms with van der Waals surface area (Å²) in [5.41, 5.74) is 2.37. The van der Waals surface area contributed by atoms with E-state index in [2.05, 4.69) is 43.1 Å². The molecule has 0 saturated carbocycles. The van der Waals surface area contributed by atoms with Gasteiger partial charge >= 0.3 is 0 Å². The van der Waals surface area contributed by atoms with Crippen LogP contribution in [0.25, 0.3) is 10.4 Å². The first-order valence-corrected chi connectivity index (χ1v) is 10.4. The van der Waals surface area contributed by atoms with E-state index < -0.39 is 0 Å². The van der Waals surface area contributed by atoms with Crippen molar-refractivity contribution in [3.05, 3.63) is 41.0 Å². The molecule has 0 aliphatic carbocycles. The van der Waals surface area contributed by atoms with Gasteiger partial charge in [0.25, 0.3) is 0 Å². The van der Waals surface area contributed by atoms with Gasteiger partial charge in [-0.15, -0.1) is 11.3 Å². The van der Waals surface area contributed by atoms with Crippen molar-refractivity contribution in [2.24, 2.45) is 5.92 Å². The van der Waals surface area contributed by atoms with Crippen molar-refractivity contribution in [3.63, 3.8) is 0 Å². The average Bonchev–Trinajstić information content (AvgIpc) is 3.14. The molecule has 136 valence electrons. The SMILES string of the molecule is CCCCCc1ccc(-c2ccc(C3OCC(CCC)CO3)s2)cn1. The Labute approximate surface area is 155 Å². The largest absolute Gasteiger partial charge is 0.347 e. The Balaban J connectivity index is 1.58. The number of thiophene rings is 1. The zero-order valence-electron chi connectivity index (χ0n) is 15.4. The maximum Gasteiger partial charge on any atom is 0.193 e. The summed E-state index contributed by atoms with van der Waals surface area (Å²) in [6.45, 7) is 6.05. The summed E-state index contributed by atoms with van der Waals surface area (Å²) in [5, 5.41) is 0. The van der Waals surface area contributed by atoms with Gasteiger partial charge in [-0.3, -0.25) is 4.98 Å². The lowest BCUT2D eigenvalue weighted by Crippen LogP contribution is -2.26. The zero-order chi connectivity index (χ0) is 17.5. The Bertz CT molecular complexity index is 630. The molecule has 0 bridgehead atoms. The molecule has 3 heterocycles. The van der Waals surface area contributed by atoms with Gasteiger partial charge in [-0.25, -0.2) is 0 Å². The Morgan fingerprint density at radius 3 is 2.56 bits per heavy atom. The van der Waals surface area contributed by atoms with Crippen molar-refractivity contribution in [3.8, 4) is 10.4 Å². The van der Waals surface area contributed by atoms with Crippen LogP contribution in [0.2, 0.25) is 0 Å². The first kappa shape index (κ1) is 18.6. The highest BCUT2D eigenvalue weighted by molar-refractivity contribution is 7.15. The number of aryl methyl sites for hydroxylation is 1. The van der Waals surface area contributed by atoms with E-state index in [1.54, 1.807) is 11.3 Å². The van der Waals surface area contributed by atoms with Gasteiger partial charge in [0, 0.05) is 28.2 Å². The summed E-state index contributed by atoms with van der Waals surface area (Å²) in [6, 6.07) is 8.62. The van der Waals surface area contributed by atoms with E-state index in [9.17, 15) is 0 Å². The van der Waals surface area contributed by atoms with Gasteiger partial charge in [0.2, 0.25) is 0 Å². The summed E-state index contributed by atoms with van der Waals surface area (Å²) in [7, 11) is 0. The van der Waals surface area contributed by atoms with Crippen LogP contribution >= 0.6 is 11.3 Å². The van der Waals surface area contributed by atoms with Gasteiger partial charge in [-0.2, -0.15) is 0 Å². The molecule has 1 aliphatic rings. The predicted octanol–water partition coefficient (Wildman–Crippen LogP) is 6.00. The monoisotopic (exact) mass is 359 g/mol. The van der Waals surface area contributed by atoms with Crippen LogP contribution in [-0.2, 0) is 15.9 Å². The number of rotatable bonds is 8. The highest BCUT2D eigenvalue weighted by Crippen LogP contribution is 2.35. The number of pyridine rings is 1. The molecule has 0 amide bonds. The molecule has 1 fully saturated rings. The van der Waals surface area contributed by atoms with Crippen LogP contribution in [0.1, 0.15) is 62.8 Å². The minimum Gasteiger partial charge on any atom is -0.347 e. The molecule has 3 nitrogen and oxygen atoms in total. The third-order valence-corrected chi connectivity index (χ3v) is 5.82. The fourth-order valence-electron chi connectivity index (χ4n) is 3.19. The highest BCUT2D eigenvalue weighted by Gasteiger charge is 2.24. The van der Waals surface area contributed by atoms with Crippen molar-refractivity contribution < 1.29 is 9.47 Å². The maximum absolute atomic E-state index is 5.92. The molecule has 4 heteroatoms. The van der Waals surface area contributed by atoms with E-state index in [4.69, 9.17) is 9.47 Å². The number of unbranched alkanes of at least 4 members (excludes halogenated alkanes) is 2. The third kappa shape index (κ3) is 5.13. The van der Waals surface area contributed by atoms with Crippen LogP contribution in [0.15, 0.2) is 30.5 Å². The van der Waals surface area contributed by atoms with Crippen LogP contribution in [-0.4, -0.2) is 18.2 Å². The van der Waals surface area contributed by atoms with Crippen molar-refractivity contribution in [1.29, 1.82) is 0 Å². The van der Waals surface area contributed by atoms with Crippen LogP contribution in [0.3, 0.4) is 0 Å². The van der Waals surface area contributed by atoms with Crippen LogP contribution < -0.4 is 0 Å². The lowest BCUT2D eigenvalue weighted by Gasteiger charge is -2.28. The quantitative estimate of drug-likeness (QED) is 0.541. The average molecular weight is 360 g/mol. The zero-order valence-corrected chi connectivity index (χ0v) is 16.2. The smallest absolute Gasteiger partial charge is 0.193 e. The van der Waals surface area contributed by atoms with Gasteiger partial charge in [0.15, 0.2) is 6.29 Å². The Hall–Kier alpha value is -1.23. The van der Waals surface area contributed by atoms with E-state index in [0.29, 0.717) is 5.92 Å². The van der Waals surface area contributed by atoms with E-state index in [-0.39, 0.29) is 6.29 Å². The molecule has 3 rings (SSSR count). The number of ether oxygens (including phenoxy) is 2. The van der Waals surface area contributed by atoms with Gasteiger partial charge in [-0.05, 0) is 37.5 Å². The second-order valence-corrected chi connectivity index (χ2v) is 7.97. The minimum absolute atomic E-state index is 0.201. The summed E-state index contributed by atoms with van der Waals surface area (Å²) in [6.07, 6.45) is 8.99. The van der Waals surface area contributed by atoms with Crippen molar-refractivity contribution in [2.45, 2.75) is 58.7 Å². The van der Waals surface area contributed by atoms with Gasteiger partial charge in [0.05, 0.1) is 18.1 Å². The van der Waals surface area contributed by atoms with Crippen LogP contribution in [0.4, 0.5) is 0 Å². The summed E-state index contributed by atoms with van der Waals surface area (Å²) in [4.78, 5) is 7.00. The normalized spacial score (nSPS) is 20.7. The predicted molar refractivity (Wildman–Crippen MR) is 104 cm³/mol. The second kappa shape index (κ2) is 9.46. The Morgan fingerprint density at radius 2 is 1.88 bits per heavy atom. The molecule has 2 aromatic heterocycles. The molecule has 0 spiro atoms. The third-order valence-electron chi connectivity index (χ3n) is 4.67. The first-order valence-electron chi connectivity index (χ1n) is 9.58. The van der Waals surface area contributed by atoms with Gasteiger partial charge in [-0.1, -0.05) is 39.2 Å². The van der Waals surface area contributed by atoms with E-state index in [1.807, 2.05) is 6.20 Å². The topological polar surface area (TPSA) is 31.4 Å². The molecule has 2 aromatic rings. The summed E-state index contributed by atoms with van der Waals surface area (Å²) < 4.78 is 11.8. The van der Waals surface area contributed by atoms with E-state index >= 15 is 0 Å². The van der Waals surface area contributed by atoms with Crippen molar-refractivity contribution in [1.82, 2.24) is 4.98 Å². The number of hydrogen-bond donors (Lipinski definition) is 0. The van der Waals surface area contributed by atoms with Crippen molar-refractivity contribution >= 4 is 11.3 Å². The van der Waals surface area contributed by atoms with Crippen LogP contribution in [0.5, 0.6) is 0 Å².